The zero-order valence-corrected chi connectivity index (χ0v) is 17.6. The van der Waals surface area contributed by atoms with Crippen LogP contribution in [-0.4, -0.2) is 34.9 Å². The Morgan fingerprint density at radius 1 is 1.15 bits per heavy atom. The van der Waals surface area contributed by atoms with E-state index >= 15 is 0 Å². The van der Waals surface area contributed by atoms with Crippen LogP contribution in [0.1, 0.15) is 20.8 Å². The molecule has 9 heteroatoms. The van der Waals surface area contributed by atoms with Gasteiger partial charge in [0.15, 0.2) is 5.65 Å². The first kappa shape index (κ1) is 19.9. The van der Waals surface area contributed by atoms with Crippen LogP contribution >= 0.6 is 23.2 Å². The maximum atomic E-state index is 13.1. The number of hydrogen-bond donors (Lipinski definition) is 0. The average molecular weight is 428 g/mol. The Kier molecular flexibility index (Phi) is 5.38. The van der Waals surface area contributed by atoms with Crippen LogP contribution in [0.3, 0.4) is 0 Å². The van der Waals surface area contributed by atoms with Crippen LogP contribution in [0.4, 0.5) is 0 Å². The van der Waals surface area contributed by atoms with E-state index in [0.717, 1.165) is 4.09 Å². The van der Waals surface area contributed by atoms with Crippen LogP contribution in [0.2, 0.25) is 10.0 Å². The monoisotopic (exact) mass is 427 g/mol. The Morgan fingerprint density at radius 2 is 1.85 bits per heavy atom. The second kappa shape index (κ2) is 7.30. The second-order valence-corrected chi connectivity index (χ2v) is 9.48. The fourth-order valence-corrected chi connectivity index (χ4v) is 4.68. The van der Waals surface area contributed by atoms with E-state index in [2.05, 4.69) is 10.1 Å². The SMILES string of the molecule is COc1cc(Cl)ccc1-c1nn(S(=O)(=O)[C@@H](C)C(C)C)c2nccc(Cl)c12. The number of rotatable bonds is 5. The number of methoxy groups -OCH3 is 1. The summed E-state index contributed by atoms with van der Waals surface area (Å²) in [4.78, 5) is 4.24. The Bertz CT molecular complexity index is 1110. The van der Waals surface area contributed by atoms with Gasteiger partial charge in [-0.1, -0.05) is 37.0 Å². The van der Waals surface area contributed by atoms with Crippen molar-refractivity contribution in [3.05, 3.63) is 40.5 Å². The molecule has 144 valence electrons. The molecule has 0 spiro atoms. The van der Waals surface area contributed by atoms with Crippen LogP contribution in [0.15, 0.2) is 30.5 Å². The summed E-state index contributed by atoms with van der Waals surface area (Å²) in [6, 6.07) is 6.63. The average Bonchev–Trinajstić information content (AvgIpc) is 3.02. The Hall–Kier alpha value is -1.83. The van der Waals surface area contributed by atoms with Crippen molar-refractivity contribution >= 4 is 44.3 Å². The number of halogens is 2. The number of hydrogen-bond acceptors (Lipinski definition) is 5. The molecule has 3 aromatic rings. The largest absolute Gasteiger partial charge is 0.496 e. The number of aromatic nitrogens is 3. The van der Waals surface area contributed by atoms with Gasteiger partial charge in [0.25, 0.3) is 10.0 Å². The maximum Gasteiger partial charge on any atom is 0.258 e. The van der Waals surface area contributed by atoms with Gasteiger partial charge in [0.1, 0.15) is 11.4 Å². The first-order chi connectivity index (χ1) is 12.7. The molecule has 0 aliphatic carbocycles. The molecule has 0 amide bonds. The van der Waals surface area contributed by atoms with E-state index in [-0.39, 0.29) is 11.6 Å². The predicted molar refractivity (Wildman–Crippen MR) is 108 cm³/mol. The molecule has 6 nitrogen and oxygen atoms in total. The van der Waals surface area contributed by atoms with E-state index in [1.165, 1.54) is 13.3 Å². The highest BCUT2D eigenvalue weighted by molar-refractivity contribution is 7.90. The third kappa shape index (κ3) is 3.39. The Labute approximate surface area is 168 Å². The van der Waals surface area contributed by atoms with Gasteiger partial charge in [-0.05, 0) is 37.1 Å². The molecule has 1 atom stereocenters. The minimum absolute atomic E-state index is 0.0954. The van der Waals surface area contributed by atoms with Gasteiger partial charge in [-0.25, -0.2) is 13.4 Å². The van der Waals surface area contributed by atoms with Crippen LogP contribution < -0.4 is 4.74 Å². The summed E-state index contributed by atoms with van der Waals surface area (Å²) in [6.07, 6.45) is 1.46. The molecule has 0 aliphatic rings. The zero-order chi connectivity index (χ0) is 19.9. The quantitative estimate of drug-likeness (QED) is 0.592. The molecule has 1 aromatic carbocycles. The first-order valence-corrected chi connectivity index (χ1v) is 10.6. The van der Waals surface area contributed by atoms with E-state index < -0.39 is 15.3 Å². The van der Waals surface area contributed by atoms with Crippen molar-refractivity contribution in [2.75, 3.05) is 7.11 Å². The van der Waals surface area contributed by atoms with Crippen molar-refractivity contribution in [2.24, 2.45) is 5.92 Å². The van der Waals surface area contributed by atoms with Crippen LogP contribution in [0.25, 0.3) is 22.3 Å². The van der Waals surface area contributed by atoms with Gasteiger partial charge in [0, 0.05) is 16.8 Å². The zero-order valence-electron chi connectivity index (χ0n) is 15.3. The van der Waals surface area contributed by atoms with Gasteiger partial charge < -0.3 is 4.74 Å². The molecule has 0 bridgehead atoms. The van der Waals surface area contributed by atoms with E-state index in [0.29, 0.717) is 32.4 Å². The lowest BCUT2D eigenvalue weighted by Crippen LogP contribution is -2.30. The molecule has 27 heavy (non-hydrogen) atoms. The standard InChI is InChI=1S/C18H19Cl2N3O3S/c1-10(2)11(3)27(24,25)23-18-16(14(20)7-8-21-18)17(22-23)13-6-5-12(19)9-15(13)26-4/h5-11H,1-4H3/t11-/m0/s1. The number of nitrogens with zero attached hydrogens (tertiary/aromatic N) is 3. The van der Waals surface area contributed by atoms with Crippen molar-refractivity contribution in [2.45, 2.75) is 26.0 Å². The number of fused-ring (bicyclic) bond motifs is 1. The van der Waals surface area contributed by atoms with Gasteiger partial charge in [-0.3, -0.25) is 0 Å². The first-order valence-electron chi connectivity index (χ1n) is 8.30. The van der Waals surface area contributed by atoms with Crippen LogP contribution in [0, 0.1) is 5.92 Å². The van der Waals surface area contributed by atoms with Crippen molar-refractivity contribution in [3.8, 4) is 17.0 Å². The third-order valence-corrected chi connectivity index (χ3v) is 7.33. The smallest absolute Gasteiger partial charge is 0.258 e. The molecule has 0 unspecified atom stereocenters. The number of ether oxygens (including phenoxy) is 1. The molecule has 0 saturated carbocycles. The third-order valence-electron chi connectivity index (χ3n) is 4.56. The molecule has 0 fully saturated rings. The number of pyridine rings is 1. The minimum atomic E-state index is -3.78. The summed E-state index contributed by atoms with van der Waals surface area (Å²) in [6.45, 7) is 5.34. The topological polar surface area (TPSA) is 74.1 Å². The summed E-state index contributed by atoms with van der Waals surface area (Å²) in [7, 11) is -2.27. The van der Waals surface area contributed by atoms with Gasteiger partial charge in [0.2, 0.25) is 0 Å². The highest BCUT2D eigenvalue weighted by Gasteiger charge is 2.31. The fourth-order valence-electron chi connectivity index (χ4n) is 2.71. The number of benzene rings is 1. The fraction of sp³-hybridized carbons (Fsp3) is 0.333. The minimum Gasteiger partial charge on any atom is -0.496 e. The van der Waals surface area contributed by atoms with Crippen LogP contribution in [-0.2, 0) is 10.0 Å². The lowest BCUT2D eigenvalue weighted by molar-refractivity contribution is 0.416. The van der Waals surface area contributed by atoms with Gasteiger partial charge >= 0.3 is 0 Å². The molecular weight excluding hydrogens is 409 g/mol. The summed E-state index contributed by atoms with van der Waals surface area (Å²) >= 11 is 12.4. The van der Waals surface area contributed by atoms with Crippen molar-refractivity contribution < 1.29 is 13.2 Å². The van der Waals surface area contributed by atoms with Crippen molar-refractivity contribution in [1.29, 1.82) is 0 Å². The summed E-state index contributed by atoms with van der Waals surface area (Å²) in [5.41, 5.74) is 1.13. The van der Waals surface area contributed by atoms with Crippen molar-refractivity contribution in [3.63, 3.8) is 0 Å². The molecule has 2 heterocycles. The van der Waals surface area contributed by atoms with E-state index in [9.17, 15) is 8.42 Å². The Balaban J connectivity index is 2.38. The summed E-state index contributed by atoms with van der Waals surface area (Å²) in [5, 5.41) is 5.03. The Morgan fingerprint density at radius 3 is 2.48 bits per heavy atom. The van der Waals surface area contributed by atoms with Gasteiger partial charge in [-0.2, -0.15) is 5.10 Å². The molecule has 0 aliphatic heterocycles. The molecule has 3 rings (SSSR count). The molecule has 2 aromatic heterocycles. The second-order valence-electron chi connectivity index (χ2n) is 6.52. The highest BCUT2D eigenvalue weighted by Crippen LogP contribution is 2.39. The van der Waals surface area contributed by atoms with Gasteiger partial charge in [-0.15, -0.1) is 4.09 Å². The maximum absolute atomic E-state index is 13.1. The molecule has 0 N–H and O–H groups in total. The summed E-state index contributed by atoms with van der Waals surface area (Å²) < 4.78 is 32.6. The van der Waals surface area contributed by atoms with Gasteiger partial charge in [0.05, 0.1) is 22.8 Å². The normalized spacial score (nSPS) is 13.3. The van der Waals surface area contributed by atoms with Crippen LogP contribution in [0.5, 0.6) is 5.75 Å². The lowest BCUT2D eigenvalue weighted by Gasteiger charge is -2.16. The van der Waals surface area contributed by atoms with Crippen molar-refractivity contribution in [1.82, 2.24) is 14.2 Å². The van der Waals surface area contributed by atoms with E-state index in [4.69, 9.17) is 27.9 Å². The van der Waals surface area contributed by atoms with E-state index in [1.807, 2.05) is 13.8 Å². The highest BCUT2D eigenvalue weighted by atomic mass is 35.5. The summed E-state index contributed by atoms with van der Waals surface area (Å²) in [5.74, 6) is 0.366. The molecular formula is C18H19Cl2N3O3S. The molecule has 0 radical (unpaired) electrons. The van der Waals surface area contributed by atoms with E-state index in [1.54, 1.807) is 31.2 Å². The predicted octanol–water partition coefficient (Wildman–Crippen LogP) is 4.64. The lowest BCUT2D eigenvalue weighted by atomic mass is 10.1. The molecule has 0 saturated heterocycles.